The van der Waals surface area contributed by atoms with Crippen molar-refractivity contribution in [3.05, 3.63) is 36.1 Å². The molecular weight excluding hydrogens is 242 g/mol. The summed E-state index contributed by atoms with van der Waals surface area (Å²) in [6.45, 7) is 1.67. The van der Waals surface area contributed by atoms with Crippen molar-refractivity contribution in [3.8, 4) is 0 Å². The molecule has 2 atom stereocenters. The summed E-state index contributed by atoms with van der Waals surface area (Å²) >= 11 is 0. The predicted octanol–water partition coefficient (Wildman–Crippen LogP) is 2.22. The molecule has 0 spiro atoms. The zero-order valence-corrected chi connectivity index (χ0v) is 10.8. The van der Waals surface area contributed by atoms with Crippen molar-refractivity contribution in [2.75, 3.05) is 19.8 Å². The number of fused-ring (bicyclic) bond motifs is 1. The van der Waals surface area contributed by atoms with Crippen LogP contribution in [0.3, 0.4) is 0 Å². The molecule has 3 N–H and O–H groups in total. The lowest BCUT2D eigenvalue weighted by Crippen LogP contribution is -2.43. The lowest BCUT2D eigenvalue weighted by Gasteiger charge is -2.39. The third kappa shape index (κ3) is 2.06. The molecule has 0 bridgehead atoms. The molecule has 0 radical (unpaired) electrons. The molecule has 2 aromatic rings. The van der Waals surface area contributed by atoms with E-state index in [1.807, 2.05) is 24.3 Å². The van der Waals surface area contributed by atoms with E-state index in [1.165, 1.54) is 0 Å². The largest absolute Gasteiger partial charge is 0.464 e. The maximum atomic E-state index is 10.8. The Balaban J connectivity index is 2.00. The van der Waals surface area contributed by atoms with E-state index in [4.69, 9.17) is 14.9 Å². The zero-order chi connectivity index (χ0) is 13.3. The molecule has 19 heavy (non-hydrogen) atoms. The van der Waals surface area contributed by atoms with Gasteiger partial charge in [0.1, 0.15) is 5.58 Å². The topological polar surface area (TPSA) is 68.6 Å². The number of nitrogens with two attached hydrogens (primary N) is 1. The van der Waals surface area contributed by atoms with Crippen LogP contribution in [0.15, 0.2) is 34.9 Å². The predicted molar refractivity (Wildman–Crippen MR) is 72.7 cm³/mol. The number of rotatable bonds is 3. The molecule has 1 aliphatic rings. The van der Waals surface area contributed by atoms with E-state index < -0.39 is 11.5 Å². The van der Waals surface area contributed by atoms with Crippen molar-refractivity contribution in [2.45, 2.75) is 18.9 Å². The lowest BCUT2D eigenvalue weighted by atomic mass is 9.75. The van der Waals surface area contributed by atoms with E-state index in [-0.39, 0.29) is 0 Å². The van der Waals surface area contributed by atoms with Crippen molar-refractivity contribution in [1.82, 2.24) is 0 Å². The SMILES string of the molecule is NCC1(C(O)c2coc3ccccc23)CCCOC1. The first-order valence-corrected chi connectivity index (χ1v) is 6.69. The second-order valence-electron chi connectivity index (χ2n) is 5.31. The highest BCUT2D eigenvalue weighted by molar-refractivity contribution is 5.81. The number of hydrogen-bond acceptors (Lipinski definition) is 4. The molecule has 4 heteroatoms. The van der Waals surface area contributed by atoms with E-state index in [9.17, 15) is 5.11 Å². The van der Waals surface area contributed by atoms with Gasteiger partial charge in [0.15, 0.2) is 0 Å². The average Bonchev–Trinajstić information content (AvgIpc) is 2.91. The molecule has 0 aliphatic carbocycles. The summed E-state index contributed by atoms with van der Waals surface area (Å²) in [5.74, 6) is 0. The van der Waals surface area contributed by atoms with Crippen molar-refractivity contribution in [3.63, 3.8) is 0 Å². The maximum absolute atomic E-state index is 10.8. The Morgan fingerprint density at radius 2 is 2.21 bits per heavy atom. The summed E-state index contributed by atoms with van der Waals surface area (Å²) in [5, 5.41) is 11.7. The Morgan fingerprint density at radius 3 is 2.95 bits per heavy atom. The van der Waals surface area contributed by atoms with E-state index >= 15 is 0 Å². The Labute approximate surface area is 112 Å². The van der Waals surface area contributed by atoms with Gasteiger partial charge in [0, 0.05) is 29.5 Å². The van der Waals surface area contributed by atoms with Crippen molar-refractivity contribution in [1.29, 1.82) is 0 Å². The van der Waals surface area contributed by atoms with Crippen LogP contribution in [0.1, 0.15) is 24.5 Å². The van der Waals surface area contributed by atoms with Crippen LogP contribution in [0.4, 0.5) is 0 Å². The average molecular weight is 261 g/mol. The molecule has 2 unspecified atom stereocenters. The molecular formula is C15H19NO3. The summed E-state index contributed by atoms with van der Waals surface area (Å²) in [6, 6.07) is 7.73. The highest BCUT2D eigenvalue weighted by Crippen LogP contribution is 2.42. The van der Waals surface area contributed by atoms with Gasteiger partial charge in [-0.05, 0) is 18.9 Å². The molecule has 4 nitrogen and oxygen atoms in total. The van der Waals surface area contributed by atoms with E-state index in [1.54, 1.807) is 6.26 Å². The molecule has 1 aromatic heterocycles. The molecule has 102 valence electrons. The number of aliphatic hydroxyl groups is 1. The highest BCUT2D eigenvalue weighted by Gasteiger charge is 2.40. The number of hydrogen-bond donors (Lipinski definition) is 2. The van der Waals surface area contributed by atoms with Gasteiger partial charge in [-0.25, -0.2) is 0 Å². The van der Waals surface area contributed by atoms with Crippen LogP contribution >= 0.6 is 0 Å². The number of aliphatic hydroxyl groups excluding tert-OH is 1. The Kier molecular flexibility index (Phi) is 3.31. The number of benzene rings is 1. The van der Waals surface area contributed by atoms with Crippen molar-refractivity contribution in [2.24, 2.45) is 11.1 Å². The first kappa shape index (κ1) is 12.7. The minimum Gasteiger partial charge on any atom is -0.464 e. The van der Waals surface area contributed by atoms with Gasteiger partial charge in [0.2, 0.25) is 0 Å². The van der Waals surface area contributed by atoms with Gasteiger partial charge < -0.3 is 20.0 Å². The Bertz CT molecular complexity index is 557. The third-order valence-corrected chi connectivity index (χ3v) is 4.14. The number of furan rings is 1. The van der Waals surface area contributed by atoms with Crippen LogP contribution in [0.5, 0.6) is 0 Å². The fourth-order valence-corrected chi connectivity index (χ4v) is 2.90. The molecule has 1 aliphatic heterocycles. The smallest absolute Gasteiger partial charge is 0.134 e. The summed E-state index contributed by atoms with van der Waals surface area (Å²) in [7, 11) is 0. The fourth-order valence-electron chi connectivity index (χ4n) is 2.90. The highest BCUT2D eigenvalue weighted by atomic mass is 16.5. The maximum Gasteiger partial charge on any atom is 0.134 e. The third-order valence-electron chi connectivity index (χ3n) is 4.14. The van der Waals surface area contributed by atoms with Crippen molar-refractivity contribution < 1.29 is 14.3 Å². The molecule has 1 saturated heterocycles. The molecule has 2 heterocycles. The molecule has 0 amide bonds. The van der Waals surface area contributed by atoms with Gasteiger partial charge in [0.25, 0.3) is 0 Å². The first-order chi connectivity index (χ1) is 9.27. The van der Waals surface area contributed by atoms with Crippen LogP contribution in [0.25, 0.3) is 11.0 Å². The van der Waals surface area contributed by atoms with Crippen LogP contribution in [-0.2, 0) is 4.74 Å². The van der Waals surface area contributed by atoms with Crippen LogP contribution < -0.4 is 5.73 Å². The van der Waals surface area contributed by atoms with Gasteiger partial charge in [-0.1, -0.05) is 18.2 Å². The number of para-hydroxylation sites is 1. The fraction of sp³-hybridized carbons (Fsp3) is 0.467. The van der Waals surface area contributed by atoms with Gasteiger partial charge in [0.05, 0.1) is 19.0 Å². The lowest BCUT2D eigenvalue weighted by molar-refractivity contribution is -0.0778. The van der Waals surface area contributed by atoms with Crippen molar-refractivity contribution >= 4 is 11.0 Å². The van der Waals surface area contributed by atoms with Gasteiger partial charge in [-0.3, -0.25) is 0 Å². The summed E-state index contributed by atoms with van der Waals surface area (Å²) < 4.78 is 11.0. The van der Waals surface area contributed by atoms with Gasteiger partial charge in [-0.2, -0.15) is 0 Å². The summed E-state index contributed by atoms with van der Waals surface area (Å²) in [4.78, 5) is 0. The second kappa shape index (κ2) is 4.96. The van der Waals surface area contributed by atoms with Crippen LogP contribution in [0, 0.1) is 5.41 Å². The van der Waals surface area contributed by atoms with E-state index in [0.29, 0.717) is 13.2 Å². The Morgan fingerprint density at radius 1 is 1.37 bits per heavy atom. The second-order valence-corrected chi connectivity index (χ2v) is 5.31. The summed E-state index contributed by atoms with van der Waals surface area (Å²) in [5.41, 5.74) is 7.12. The zero-order valence-electron chi connectivity index (χ0n) is 10.8. The quantitative estimate of drug-likeness (QED) is 0.889. The molecule has 1 fully saturated rings. The summed E-state index contributed by atoms with van der Waals surface area (Å²) in [6.07, 6.45) is 2.80. The Hall–Kier alpha value is -1.36. The minimum atomic E-state index is -0.651. The first-order valence-electron chi connectivity index (χ1n) is 6.69. The van der Waals surface area contributed by atoms with E-state index in [2.05, 4.69) is 0 Å². The normalized spacial score (nSPS) is 25.6. The van der Waals surface area contributed by atoms with Gasteiger partial charge >= 0.3 is 0 Å². The molecule has 1 aromatic carbocycles. The van der Waals surface area contributed by atoms with Crippen LogP contribution in [-0.4, -0.2) is 24.9 Å². The number of ether oxygens (including phenoxy) is 1. The molecule has 3 rings (SSSR count). The molecule has 0 saturated carbocycles. The van der Waals surface area contributed by atoms with Gasteiger partial charge in [-0.15, -0.1) is 0 Å². The van der Waals surface area contributed by atoms with Crippen LogP contribution in [0.2, 0.25) is 0 Å². The minimum absolute atomic E-state index is 0.398. The standard InChI is InChI=1S/C15H19NO3/c16-9-15(6-3-7-18-10-15)14(17)12-8-19-13-5-2-1-4-11(12)13/h1-2,4-5,8,14,17H,3,6-7,9-10,16H2. The van der Waals surface area contributed by atoms with E-state index in [0.717, 1.165) is 36.0 Å². The monoisotopic (exact) mass is 261 g/mol.